The largest absolute Gasteiger partial charge is 0.391 e. The van der Waals surface area contributed by atoms with Crippen LogP contribution in [0.2, 0.25) is 0 Å². The SMILES string of the molecule is BrC1=NO[C@@H](Cc2ccccc2)C1. The molecule has 0 aliphatic carbocycles. The van der Waals surface area contributed by atoms with E-state index < -0.39 is 0 Å². The number of hydrogen-bond donors (Lipinski definition) is 0. The molecule has 2 nitrogen and oxygen atoms in total. The minimum atomic E-state index is 0.205. The standard InChI is InChI=1S/C10H10BrNO/c11-10-7-9(13-12-10)6-8-4-2-1-3-5-8/h1-5,9H,6-7H2/t9-/m0/s1. The van der Waals surface area contributed by atoms with Gasteiger partial charge < -0.3 is 4.84 Å². The van der Waals surface area contributed by atoms with Crippen LogP contribution in [0.1, 0.15) is 12.0 Å². The van der Waals surface area contributed by atoms with Crippen molar-refractivity contribution in [2.75, 3.05) is 0 Å². The highest BCUT2D eigenvalue weighted by molar-refractivity contribution is 9.18. The van der Waals surface area contributed by atoms with Crippen molar-refractivity contribution in [1.29, 1.82) is 0 Å². The van der Waals surface area contributed by atoms with Crippen molar-refractivity contribution >= 4 is 20.6 Å². The molecule has 0 bridgehead atoms. The van der Waals surface area contributed by atoms with Gasteiger partial charge in [0.1, 0.15) is 10.7 Å². The first kappa shape index (κ1) is 8.75. The molecule has 1 aromatic carbocycles. The zero-order valence-corrected chi connectivity index (χ0v) is 8.70. The molecule has 0 radical (unpaired) electrons. The first-order chi connectivity index (χ1) is 6.34. The molecule has 0 N–H and O–H groups in total. The van der Waals surface area contributed by atoms with Gasteiger partial charge in [-0.3, -0.25) is 0 Å². The Labute approximate surface area is 85.7 Å². The van der Waals surface area contributed by atoms with Crippen LogP contribution in [0.15, 0.2) is 35.5 Å². The lowest BCUT2D eigenvalue weighted by molar-refractivity contribution is 0.0859. The summed E-state index contributed by atoms with van der Waals surface area (Å²) in [6, 6.07) is 10.3. The average Bonchev–Trinajstić information content (AvgIpc) is 2.53. The number of oxime groups is 1. The van der Waals surface area contributed by atoms with Gasteiger partial charge in [-0.25, -0.2) is 0 Å². The molecule has 0 aromatic heterocycles. The van der Waals surface area contributed by atoms with E-state index in [-0.39, 0.29) is 6.10 Å². The summed E-state index contributed by atoms with van der Waals surface area (Å²) in [6.07, 6.45) is 2.02. The molecular weight excluding hydrogens is 230 g/mol. The maximum Gasteiger partial charge on any atom is 0.137 e. The summed E-state index contributed by atoms with van der Waals surface area (Å²) in [5.74, 6) is 0. The molecule has 13 heavy (non-hydrogen) atoms. The van der Waals surface area contributed by atoms with Crippen LogP contribution >= 0.6 is 15.9 Å². The van der Waals surface area contributed by atoms with E-state index in [9.17, 15) is 0 Å². The molecule has 3 heteroatoms. The Bertz CT molecular complexity index is 310. The fourth-order valence-electron chi connectivity index (χ4n) is 1.38. The number of hydrogen-bond acceptors (Lipinski definition) is 2. The van der Waals surface area contributed by atoms with Gasteiger partial charge in [0.25, 0.3) is 0 Å². The molecule has 0 fully saturated rings. The van der Waals surface area contributed by atoms with Gasteiger partial charge >= 0.3 is 0 Å². The molecule has 0 amide bonds. The van der Waals surface area contributed by atoms with E-state index in [1.165, 1.54) is 5.56 Å². The summed E-state index contributed by atoms with van der Waals surface area (Å²) in [5, 5.41) is 3.85. The average molecular weight is 240 g/mol. The third kappa shape index (κ3) is 2.31. The number of halogens is 1. The summed E-state index contributed by atoms with van der Waals surface area (Å²) in [6.45, 7) is 0. The molecule has 1 heterocycles. The second-order valence-electron chi connectivity index (χ2n) is 3.09. The second kappa shape index (κ2) is 3.92. The number of rotatable bonds is 2. The van der Waals surface area contributed by atoms with Crippen molar-refractivity contribution < 1.29 is 4.84 Å². The first-order valence-corrected chi connectivity index (χ1v) is 5.06. The summed E-state index contributed by atoms with van der Waals surface area (Å²) >= 11 is 3.32. The maximum atomic E-state index is 5.21. The third-order valence-electron chi connectivity index (χ3n) is 2.00. The summed E-state index contributed by atoms with van der Waals surface area (Å²) in [5.41, 5.74) is 1.30. The highest BCUT2D eigenvalue weighted by atomic mass is 79.9. The van der Waals surface area contributed by atoms with E-state index in [0.717, 1.165) is 17.5 Å². The Morgan fingerprint density at radius 1 is 1.38 bits per heavy atom. The Balaban J connectivity index is 1.94. The van der Waals surface area contributed by atoms with Crippen LogP contribution in [0.4, 0.5) is 0 Å². The van der Waals surface area contributed by atoms with Crippen LogP contribution in [0.3, 0.4) is 0 Å². The minimum absolute atomic E-state index is 0.205. The van der Waals surface area contributed by atoms with Crippen LogP contribution in [-0.2, 0) is 11.3 Å². The van der Waals surface area contributed by atoms with Crippen molar-refractivity contribution in [3.8, 4) is 0 Å². The van der Waals surface area contributed by atoms with Gasteiger partial charge in [0.15, 0.2) is 0 Å². The zero-order chi connectivity index (χ0) is 9.10. The van der Waals surface area contributed by atoms with E-state index in [1.54, 1.807) is 0 Å². The fourth-order valence-corrected chi connectivity index (χ4v) is 1.83. The van der Waals surface area contributed by atoms with Crippen LogP contribution in [0, 0.1) is 0 Å². The van der Waals surface area contributed by atoms with E-state index in [4.69, 9.17) is 4.84 Å². The summed E-state index contributed by atoms with van der Waals surface area (Å²) in [4.78, 5) is 5.21. The maximum absolute atomic E-state index is 5.21. The summed E-state index contributed by atoms with van der Waals surface area (Å²) in [7, 11) is 0. The normalized spacial score (nSPS) is 21.0. The lowest BCUT2D eigenvalue weighted by atomic mass is 10.1. The van der Waals surface area contributed by atoms with Gasteiger partial charge in [-0.05, 0) is 21.5 Å². The van der Waals surface area contributed by atoms with Crippen molar-refractivity contribution in [2.45, 2.75) is 18.9 Å². The molecule has 1 aliphatic rings. The van der Waals surface area contributed by atoms with Crippen molar-refractivity contribution in [3.63, 3.8) is 0 Å². The molecule has 0 unspecified atom stereocenters. The van der Waals surface area contributed by atoms with E-state index in [0.29, 0.717) is 0 Å². The Morgan fingerprint density at radius 2 is 2.15 bits per heavy atom. The van der Waals surface area contributed by atoms with Gasteiger partial charge in [0, 0.05) is 12.8 Å². The minimum Gasteiger partial charge on any atom is -0.391 e. The predicted molar refractivity (Wildman–Crippen MR) is 56.0 cm³/mol. The van der Waals surface area contributed by atoms with E-state index >= 15 is 0 Å². The predicted octanol–water partition coefficient (Wildman–Crippen LogP) is 2.73. The second-order valence-corrected chi connectivity index (χ2v) is 4.00. The molecule has 1 aliphatic heterocycles. The van der Waals surface area contributed by atoms with E-state index in [1.807, 2.05) is 18.2 Å². The molecule has 1 aromatic rings. The van der Waals surface area contributed by atoms with Crippen LogP contribution < -0.4 is 0 Å². The molecule has 68 valence electrons. The fraction of sp³-hybridized carbons (Fsp3) is 0.300. The lowest BCUT2D eigenvalue weighted by Crippen LogP contribution is -2.09. The highest BCUT2D eigenvalue weighted by Crippen LogP contribution is 2.18. The molecule has 2 rings (SSSR count). The molecule has 0 saturated heterocycles. The van der Waals surface area contributed by atoms with Gasteiger partial charge in [0.2, 0.25) is 0 Å². The van der Waals surface area contributed by atoms with Crippen molar-refractivity contribution in [1.82, 2.24) is 0 Å². The summed E-state index contributed by atoms with van der Waals surface area (Å²) < 4.78 is 0.911. The Morgan fingerprint density at radius 3 is 2.77 bits per heavy atom. The van der Waals surface area contributed by atoms with Crippen molar-refractivity contribution in [2.24, 2.45) is 5.16 Å². The smallest absolute Gasteiger partial charge is 0.137 e. The van der Waals surface area contributed by atoms with Gasteiger partial charge in [-0.15, -0.1) is 0 Å². The van der Waals surface area contributed by atoms with Crippen LogP contribution in [-0.4, -0.2) is 10.7 Å². The quantitative estimate of drug-likeness (QED) is 0.778. The van der Waals surface area contributed by atoms with Gasteiger partial charge in [-0.1, -0.05) is 35.5 Å². The molecule has 1 atom stereocenters. The lowest BCUT2D eigenvalue weighted by Gasteiger charge is -2.06. The first-order valence-electron chi connectivity index (χ1n) is 4.27. The van der Waals surface area contributed by atoms with Crippen molar-refractivity contribution in [3.05, 3.63) is 35.9 Å². The monoisotopic (exact) mass is 239 g/mol. The molecular formula is C10H10BrNO. The van der Waals surface area contributed by atoms with E-state index in [2.05, 4.69) is 33.2 Å². The molecule has 0 spiro atoms. The Hall–Kier alpha value is -0.830. The van der Waals surface area contributed by atoms with Gasteiger partial charge in [0.05, 0.1) is 0 Å². The third-order valence-corrected chi connectivity index (χ3v) is 2.47. The number of nitrogens with zero attached hydrogens (tertiary/aromatic N) is 1. The molecule has 0 saturated carbocycles. The van der Waals surface area contributed by atoms with Gasteiger partial charge in [-0.2, -0.15) is 0 Å². The topological polar surface area (TPSA) is 21.6 Å². The van der Waals surface area contributed by atoms with Crippen LogP contribution in [0.25, 0.3) is 0 Å². The van der Waals surface area contributed by atoms with Crippen LogP contribution in [0.5, 0.6) is 0 Å². The zero-order valence-electron chi connectivity index (χ0n) is 7.11. The number of benzene rings is 1. The highest BCUT2D eigenvalue weighted by Gasteiger charge is 2.18. The Kier molecular flexibility index (Phi) is 2.64.